The summed E-state index contributed by atoms with van der Waals surface area (Å²) < 4.78 is 17.8. The SMILES string of the molecule is C/C=C(\Oc1ccccc1F)C(=O)O. The molecule has 0 aliphatic carbocycles. The molecule has 0 saturated carbocycles. The lowest BCUT2D eigenvalue weighted by molar-refractivity contribution is -0.135. The standard InChI is InChI=1S/C10H9FO3/c1-2-8(10(12)13)14-9-6-4-3-5-7(9)11/h2-6H,1H3,(H,12,13)/b8-2-. The van der Waals surface area contributed by atoms with E-state index in [4.69, 9.17) is 9.84 Å². The highest BCUT2D eigenvalue weighted by atomic mass is 19.1. The second-order valence-electron chi connectivity index (χ2n) is 2.49. The van der Waals surface area contributed by atoms with Crippen molar-refractivity contribution < 1.29 is 19.0 Å². The molecule has 0 bridgehead atoms. The fraction of sp³-hybridized carbons (Fsp3) is 0.100. The molecule has 0 atom stereocenters. The maximum absolute atomic E-state index is 13.0. The van der Waals surface area contributed by atoms with Crippen molar-refractivity contribution in [2.75, 3.05) is 0 Å². The van der Waals surface area contributed by atoms with Crippen LogP contribution in [0, 0.1) is 5.82 Å². The summed E-state index contributed by atoms with van der Waals surface area (Å²) in [5, 5.41) is 8.61. The molecule has 0 radical (unpaired) electrons. The van der Waals surface area contributed by atoms with Crippen molar-refractivity contribution in [1.82, 2.24) is 0 Å². The van der Waals surface area contributed by atoms with Crippen LogP contribution in [-0.2, 0) is 4.79 Å². The van der Waals surface area contributed by atoms with E-state index in [2.05, 4.69) is 0 Å². The Morgan fingerprint density at radius 2 is 2.14 bits per heavy atom. The summed E-state index contributed by atoms with van der Waals surface area (Å²) in [6.07, 6.45) is 1.26. The van der Waals surface area contributed by atoms with Crippen molar-refractivity contribution in [3.63, 3.8) is 0 Å². The van der Waals surface area contributed by atoms with Crippen LogP contribution in [0.15, 0.2) is 36.1 Å². The average molecular weight is 196 g/mol. The normalized spacial score (nSPS) is 11.1. The van der Waals surface area contributed by atoms with E-state index in [1.54, 1.807) is 6.07 Å². The number of hydrogen-bond donors (Lipinski definition) is 1. The lowest BCUT2D eigenvalue weighted by Gasteiger charge is -2.05. The van der Waals surface area contributed by atoms with Gasteiger partial charge in [0, 0.05) is 0 Å². The molecule has 1 aromatic rings. The molecule has 14 heavy (non-hydrogen) atoms. The monoisotopic (exact) mass is 196 g/mol. The van der Waals surface area contributed by atoms with E-state index in [0.717, 1.165) is 0 Å². The Morgan fingerprint density at radius 3 is 2.64 bits per heavy atom. The smallest absolute Gasteiger partial charge is 0.371 e. The quantitative estimate of drug-likeness (QED) is 0.595. The molecule has 0 aliphatic heterocycles. The van der Waals surface area contributed by atoms with Gasteiger partial charge in [-0.15, -0.1) is 0 Å². The molecule has 4 heteroatoms. The lowest BCUT2D eigenvalue weighted by Crippen LogP contribution is -2.07. The fourth-order valence-electron chi connectivity index (χ4n) is 0.872. The number of rotatable bonds is 3. The summed E-state index contributed by atoms with van der Waals surface area (Å²) >= 11 is 0. The Kier molecular flexibility index (Phi) is 3.23. The summed E-state index contributed by atoms with van der Waals surface area (Å²) in [6.45, 7) is 1.50. The van der Waals surface area contributed by atoms with Gasteiger partial charge in [-0.1, -0.05) is 12.1 Å². The van der Waals surface area contributed by atoms with Gasteiger partial charge in [-0.3, -0.25) is 0 Å². The third-order valence-corrected chi connectivity index (χ3v) is 1.53. The summed E-state index contributed by atoms with van der Waals surface area (Å²) in [7, 11) is 0. The number of para-hydroxylation sites is 1. The van der Waals surface area contributed by atoms with Gasteiger partial charge in [0.2, 0.25) is 5.76 Å². The van der Waals surface area contributed by atoms with E-state index in [1.165, 1.54) is 31.2 Å². The van der Waals surface area contributed by atoms with Gasteiger partial charge in [-0.05, 0) is 25.1 Å². The Balaban J connectivity index is 2.88. The van der Waals surface area contributed by atoms with Crippen molar-refractivity contribution in [2.45, 2.75) is 6.92 Å². The van der Waals surface area contributed by atoms with E-state index in [0.29, 0.717) is 0 Å². The zero-order valence-electron chi connectivity index (χ0n) is 7.53. The molecule has 0 unspecified atom stereocenters. The highest BCUT2D eigenvalue weighted by Gasteiger charge is 2.10. The number of hydrogen-bond acceptors (Lipinski definition) is 2. The van der Waals surface area contributed by atoms with Crippen LogP contribution >= 0.6 is 0 Å². The third kappa shape index (κ3) is 2.32. The summed E-state index contributed by atoms with van der Waals surface area (Å²) in [6, 6.07) is 5.62. The van der Waals surface area contributed by atoms with Gasteiger partial charge in [0.15, 0.2) is 11.6 Å². The first-order valence-corrected chi connectivity index (χ1v) is 3.97. The summed E-state index contributed by atoms with van der Waals surface area (Å²) in [5.74, 6) is -2.21. The van der Waals surface area contributed by atoms with Gasteiger partial charge >= 0.3 is 5.97 Å². The van der Waals surface area contributed by atoms with Gasteiger partial charge in [0.1, 0.15) is 0 Å². The zero-order chi connectivity index (χ0) is 10.6. The largest absolute Gasteiger partial charge is 0.475 e. The van der Waals surface area contributed by atoms with Crippen LogP contribution in [-0.4, -0.2) is 11.1 Å². The second-order valence-corrected chi connectivity index (χ2v) is 2.49. The number of ether oxygens (including phenoxy) is 1. The van der Waals surface area contributed by atoms with Gasteiger partial charge < -0.3 is 9.84 Å². The van der Waals surface area contributed by atoms with E-state index >= 15 is 0 Å². The predicted molar refractivity (Wildman–Crippen MR) is 48.4 cm³/mol. The van der Waals surface area contributed by atoms with Crippen LogP contribution in [0.3, 0.4) is 0 Å². The average Bonchev–Trinajstić information content (AvgIpc) is 2.16. The summed E-state index contributed by atoms with van der Waals surface area (Å²) in [4.78, 5) is 10.5. The molecule has 3 nitrogen and oxygen atoms in total. The van der Waals surface area contributed by atoms with Crippen LogP contribution in [0.5, 0.6) is 5.75 Å². The van der Waals surface area contributed by atoms with Gasteiger partial charge in [-0.25, -0.2) is 9.18 Å². The van der Waals surface area contributed by atoms with Crippen LogP contribution in [0.25, 0.3) is 0 Å². The maximum atomic E-state index is 13.0. The second kappa shape index (κ2) is 4.41. The first-order valence-electron chi connectivity index (χ1n) is 3.97. The molecule has 0 fully saturated rings. The molecule has 0 aromatic heterocycles. The van der Waals surface area contributed by atoms with E-state index in [9.17, 15) is 9.18 Å². The van der Waals surface area contributed by atoms with E-state index in [-0.39, 0.29) is 11.5 Å². The van der Waals surface area contributed by atoms with Gasteiger partial charge in [0.25, 0.3) is 0 Å². The van der Waals surface area contributed by atoms with Crippen molar-refractivity contribution in [2.24, 2.45) is 0 Å². The van der Waals surface area contributed by atoms with E-state index in [1.807, 2.05) is 0 Å². The highest BCUT2D eigenvalue weighted by Crippen LogP contribution is 2.18. The lowest BCUT2D eigenvalue weighted by atomic mass is 10.3. The number of carboxylic acids is 1. The molecular weight excluding hydrogens is 187 g/mol. The zero-order valence-corrected chi connectivity index (χ0v) is 7.53. The van der Waals surface area contributed by atoms with Crippen molar-refractivity contribution in [3.8, 4) is 5.75 Å². The van der Waals surface area contributed by atoms with Gasteiger partial charge in [-0.2, -0.15) is 0 Å². The first kappa shape index (κ1) is 10.2. The number of benzene rings is 1. The maximum Gasteiger partial charge on any atom is 0.371 e. The molecule has 1 rings (SSSR count). The minimum absolute atomic E-state index is 0.0944. The van der Waals surface area contributed by atoms with Crippen LogP contribution in [0.4, 0.5) is 4.39 Å². The minimum atomic E-state index is -1.23. The molecule has 1 aromatic carbocycles. The molecule has 0 saturated heterocycles. The van der Waals surface area contributed by atoms with Crippen molar-refractivity contribution in [3.05, 3.63) is 41.9 Å². The van der Waals surface area contributed by atoms with Crippen LogP contribution in [0.2, 0.25) is 0 Å². The number of allylic oxidation sites excluding steroid dienone is 1. The topological polar surface area (TPSA) is 46.5 Å². The molecule has 0 aliphatic rings. The Bertz CT molecular complexity index is 371. The Morgan fingerprint density at radius 1 is 1.50 bits per heavy atom. The Hall–Kier alpha value is -1.84. The van der Waals surface area contributed by atoms with Crippen molar-refractivity contribution in [1.29, 1.82) is 0 Å². The van der Waals surface area contributed by atoms with Crippen molar-refractivity contribution >= 4 is 5.97 Å². The van der Waals surface area contributed by atoms with Crippen LogP contribution < -0.4 is 4.74 Å². The minimum Gasteiger partial charge on any atom is -0.475 e. The van der Waals surface area contributed by atoms with Gasteiger partial charge in [0.05, 0.1) is 0 Å². The highest BCUT2D eigenvalue weighted by molar-refractivity contribution is 5.84. The number of aliphatic carboxylic acids is 1. The molecule has 74 valence electrons. The number of carboxylic acid groups (broad SMARTS) is 1. The first-order chi connectivity index (χ1) is 6.65. The molecule has 0 spiro atoms. The molecule has 0 amide bonds. The molecular formula is C10H9FO3. The Labute approximate surface area is 80.4 Å². The summed E-state index contributed by atoms with van der Waals surface area (Å²) in [5.41, 5.74) is 0. The molecule has 0 heterocycles. The number of carbonyl (C=O) groups is 1. The van der Waals surface area contributed by atoms with E-state index < -0.39 is 11.8 Å². The van der Waals surface area contributed by atoms with Crippen LogP contribution in [0.1, 0.15) is 6.92 Å². The predicted octanol–water partition coefficient (Wildman–Crippen LogP) is 2.19. The molecule has 1 N–H and O–H groups in total. The fourth-order valence-corrected chi connectivity index (χ4v) is 0.872. The number of halogens is 1. The third-order valence-electron chi connectivity index (χ3n) is 1.53.